The lowest BCUT2D eigenvalue weighted by molar-refractivity contribution is 0.380. The molecule has 2 heterocycles. The molecule has 0 unspecified atom stereocenters. The summed E-state index contributed by atoms with van der Waals surface area (Å²) in [6.07, 6.45) is 5.62. The first kappa shape index (κ1) is 6.82. The second-order valence-corrected chi connectivity index (χ2v) is 3.20. The normalized spacial score (nSPS) is 16.3. The first-order valence-electron chi connectivity index (χ1n) is 4.26. The molecule has 0 saturated heterocycles. The van der Waals surface area contributed by atoms with E-state index < -0.39 is 0 Å². The molecular weight excluding hydrogens is 168 g/mol. The van der Waals surface area contributed by atoms with Gasteiger partial charge in [0, 0.05) is 5.92 Å². The number of nitrogens with one attached hydrogen (secondary N) is 1. The van der Waals surface area contributed by atoms with Crippen LogP contribution < -0.4 is 0 Å². The zero-order valence-corrected chi connectivity index (χ0v) is 6.90. The molecule has 1 aliphatic rings. The number of rotatable bonds is 2. The van der Waals surface area contributed by atoms with Gasteiger partial charge in [-0.15, -0.1) is 0 Å². The Kier molecular flexibility index (Phi) is 1.27. The van der Waals surface area contributed by atoms with Crippen LogP contribution in [-0.2, 0) is 0 Å². The molecule has 0 atom stereocenters. The number of aromatic nitrogens is 4. The van der Waals surface area contributed by atoms with Crippen molar-refractivity contribution < 1.29 is 4.52 Å². The second-order valence-electron chi connectivity index (χ2n) is 3.20. The predicted octanol–water partition coefficient (Wildman–Crippen LogP) is 1.34. The lowest BCUT2D eigenvalue weighted by Gasteiger charge is -1.82. The number of hydrogen-bond acceptors (Lipinski definition) is 4. The highest BCUT2D eigenvalue weighted by atomic mass is 16.5. The third-order valence-electron chi connectivity index (χ3n) is 2.11. The maximum Gasteiger partial charge on any atom is 0.230 e. The molecule has 3 rings (SSSR count). The Hall–Kier alpha value is -1.65. The van der Waals surface area contributed by atoms with Crippen LogP contribution in [0.15, 0.2) is 17.0 Å². The fourth-order valence-corrected chi connectivity index (χ4v) is 1.22. The van der Waals surface area contributed by atoms with Crippen LogP contribution in [0.4, 0.5) is 0 Å². The Labute approximate surface area is 74.2 Å². The number of nitrogens with zero attached hydrogens (tertiary/aromatic N) is 3. The molecule has 1 fully saturated rings. The Morgan fingerprint density at radius 3 is 3.08 bits per heavy atom. The van der Waals surface area contributed by atoms with Crippen molar-refractivity contribution in [2.75, 3.05) is 0 Å². The average Bonchev–Trinajstić information content (AvgIpc) is 2.72. The van der Waals surface area contributed by atoms with Crippen molar-refractivity contribution in [2.24, 2.45) is 0 Å². The Morgan fingerprint density at radius 2 is 2.38 bits per heavy atom. The minimum absolute atomic E-state index is 0.504. The largest absolute Gasteiger partial charge is 0.342 e. The van der Waals surface area contributed by atoms with Crippen LogP contribution in [0.1, 0.15) is 24.7 Å². The van der Waals surface area contributed by atoms with Gasteiger partial charge in [-0.3, -0.25) is 0 Å². The molecule has 0 radical (unpaired) electrons. The summed E-state index contributed by atoms with van der Waals surface area (Å²) in [6.45, 7) is 0. The highest BCUT2D eigenvalue weighted by Gasteiger charge is 2.29. The number of aromatic amines is 1. The smallest absolute Gasteiger partial charge is 0.230 e. The molecule has 2 aromatic rings. The quantitative estimate of drug-likeness (QED) is 0.749. The highest BCUT2D eigenvalue weighted by Crippen LogP contribution is 2.39. The van der Waals surface area contributed by atoms with E-state index in [0.717, 1.165) is 11.6 Å². The average molecular weight is 176 g/mol. The molecule has 0 spiro atoms. The summed E-state index contributed by atoms with van der Waals surface area (Å²) in [5, 5.41) is 3.86. The highest BCUT2D eigenvalue weighted by molar-refractivity contribution is 5.45. The van der Waals surface area contributed by atoms with Crippen molar-refractivity contribution >= 4 is 0 Å². The summed E-state index contributed by atoms with van der Waals surface area (Å²) in [6, 6.07) is 0. The molecule has 5 heteroatoms. The van der Waals surface area contributed by atoms with Crippen LogP contribution in [0, 0.1) is 0 Å². The van der Waals surface area contributed by atoms with Crippen molar-refractivity contribution in [2.45, 2.75) is 18.8 Å². The molecule has 0 aliphatic heterocycles. The van der Waals surface area contributed by atoms with Crippen LogP contribution in [0.25, 0.3) is 11.5 Å². The lowest BCUT2D eigenvalue weighted by Crippen LogP contribution is -1.81. The summed E-state index contributed by atoms with van der Waals surface area (Å²) in [4.78, 5) is 11.1. The molecule has 1 N–H and O–H groups in total. The first-order chi connectivity index (χ1) is 6.43. The SMILES string of the molecule is c1ncc(-c2noc(C3CC3)n2)[nH]1. The Balaban J connectivity index is 1.97. The molecular formula is C8H8N4O. The van der Waals surface area contributed by atoms with Gasteiger partial charge in [0.1, 0.15) is 5.69 Å². The van der Waals surface area contributed by atoms with Gasteiger partial charge in [-0.1, -0.05) is 5.16 Å². The van der Waals surface area contributed by atoms with E-state index in [4.69, 9.17) is 4.52 Å². The standard InChI is InChI=1S/C8H8N4O/c1-2-5(1)8-11-7(12-13-8)6-3-9-4-10-6/h3-5H,1-2H2,(H,9,10). The third kappa shape index (κ3) is 1.12. The Bertz CT molecular complexity index is 401. The van der Waals surface area contributed by atoms with E-state index in [1.807, 2.05) is 0 Å². The van der Waals surface area contributed by atoms with Gasteiger partial charge in [-0.2, -0.15) is 4.98 Å². The maximum atomic E-state index is 5.10. The summed E-state index contributed by atoms with van der Waals surface area (Å²) in [7, 11) is 0. The van der Waals surface area contributed by atoms with Crippen molar-refractivity contribution in [3.05, 3.63) is 18.4 Å². The van der Waals surface area contributed by atoms with Crippen LogP contribution in [0.5, 0.6) is 0 Å². The molecule has 0 amide bonds. The number of H-pyrrole nitrogens is 1. The number of hydrogen-bond donors (Lipinski definition) is 1. The van der Waals surface area contributed by atoms with E-state index in [9.17, 15) is 0 Å². The summed E-state index contributed by atoms with van der Waals surface area (Å²) in [5.41, 5.74) is 0.802. The molecule has 66 valence electrons. The fraction of sp³-hybridized carbons (Fsp3) is 0.375. The van der Waals surface area contributed by atoms with Crippen LogP contribution >= 0.6 is 0 Å². The van der Waals surface area contributed by atoms with Gasteiger partial charge in [-0.05, 0) is 12.8 Å². The van der Waals surface area contributed by atoms with Crippen LogP contribution in [0.3, 0.4) is 0 Å². The minimum atomic E-state index is 0.504. The van der Waals surface area contributed by atoms with Gasteiger partial charge in [0.15, 0.2) is 0 Å². The molecule has 0 bridgehead atoms. The molecule has 2 aromatic heterocycles. The topological polar surface area (TPSA) is 67.6 Å². The van der Waals surface area contributed by atoms with E-state index in [0.29, 0.717) is 11.7 Å². The number of imidazole rings is 1. The molecule has 1 aliphatic carbocycles. The van der Waals surface area contributed by atoms with E-state index in [2.05, 4.69) is 20.1 Å². The Morgan fingerprint density at radius 1 is 1.46 bits per heavy atom. The van der Waals surface area contributed by atoms with Gasteiger partial charge in [-0.25, -0.2) is 4.98 Å². The maximum absolute atomic E-state index is 5.10. The van der Waals surface area contributed by atoms with Gasteiger partial charge in [0.25, 0.3) is 0 Å². The van der Waals surface area contributed by atoms with Crippen molar-refractivity contribution in [3.8, 4) is 11.5 Å². The summed E-state index contributed by atoms with van der Waals surface area (Å²) >= 11 is 0. The predicted molar refractivity (Wildman–Crippen MR) is 43.9 cm³/mol. The fourth-order valence-electron chi connectivity index (χ4n) is 1.22. The van der Waals surface area contributed by atoms with Crippen molar-refractivity contribution in [1.82, 2.24) is 20.1 Å². The van der Waals surface area contributed by atoms with Crippen molar-refractivity contribution in [3.63, 3.8) is 0 Å². The minimum Gasteiger partial charge on any atom is -0.342 e. The van der Waals surface area contributed by atoms with E-state index in [-0.39, 0.29) is 0 Å². The van der Waals surface area contributed by atoms with Gasteiger partial charge in [0.2, 0.25) is 11.7 Å². The van der Waals surface area contributed by atoms with Gasteiger partial charge >= 0.3 is 0 Å². The van der Waals surface area contributed by atoms with Crippen LogP contribution in [0.2, 0.25) is 0 Å². The zero-order chi connectivity index (χ0) is 8.67. The second kappa shape index (κ2) is 2.42. The molecule has 13 heavy (non-hydrogen) atoms. The van der Waals surface area contributed by atoms with Gasteiger partial charge < -0.3 is 9.51 Å². The van der Waals surface area contributed by atoms with Crippen LogP contribution in [-0.4, -0.2) is 20.1 Å². The first-order valence-corrected chi connectivity index (χ1v) is 4.26. The molecule has 5 nitrogen and oxygen atoms in total. The van der Waals surface area contributed by atoms with Gasteiger partial charge in [0.05, 0.1) is 12.5 Å². The lowest BCUT2D eigenvalue weighted by atomic mass is 10.4. The molecule has 0 aromatic carbocycles. The molecule has 1 saturated carbocycles. The van der Waals surface area contributed by atoms with Crippen molar-refractivity contribution in [1.29, 1.82) is 0 Å². The van der Waals surface area contributed by atoms with E-state index in [1.54, 1.807) is 12.5 Å². The van der Waals surface area contributed by atoms with E-state index in [1.165, 1.54) is 12.8 Å². The summed E-state index contributed by atoms with van der Waals surface area (Å²) in [5.74, 6) is 1.85. The summed E-state index contributed by atoms with van der Waals surface area (Å²) < 4.78 is 5.10. The third-order valence-corrected chi connectivity index (χ3v) is 2.11. The van der Waals surface area contributed by atoms with E-state index >= 15 is 0 Å². The zero-order valence-electron chi connectivity index (χ0n) is 6.90. The monoisotopic (exact) mass is 176 g/mol.